The molecule has 15 heteroatoms. The molecule has 1 saturated carbocycles. The fraction of sp³-hybridized carbons (Fsp3) is 0.750. The Kier molecular flexibility index (Phi) is 23.1. The monoisotopic (exact) mass is 998 g/mol. The molecule has 3 heterocycles. The highest BCUT2D eigenvalue weighted by molar-refractivity contribution is 6.38. The van der Waals surface area contributed by atoms with E-state index < -0.39 is 89.3 Å². The summed E-state index contributed by atoms with van der Waals surface area (Å²) >= 11 is 0. The summed E-state index contributed by atoms with van der Waals surface area (Å²) in [6, 6.07) is -1.06. The van der Waals surface area contributed by atoms with Gasteiger partial charge in [-0.1, -0.05) is 71.1 Å². The van der Waals surface area contributed by atoms with Crippen LogP contribution in [0.25, 0.3) is 0 Å². The molecule has 2 N–H and O–H groups in total. The lowest BCUT2D eigenvalue weighted by Crippen LogP contribution is -2.55. The van der Waals surface area contributed by atoms with Gasteiger partial charge in [-0.05, 0) is 121 Å². The van der Waals surface area contributed by atoms with Gasteiger partial charge in [0.05, 0.1) is 29.8 Å². The summed E-state index contributed by atoms with van der Waals surface area (Å²) in [5.41, 5.74) is 0.544. The first-order valence-electron chi connectivity index (χ1n) is 26.1. The Bertz CT molecular complexity index is 1950. The SMILES string of the molecule is COC1CC2CCC(C)C(O2)C(=O)C(=O)N2CCCCC2C(=O)OC(C(C)CC2CCC(OC(=O)C(C)(C)C)C(OC)C2)CC(=O)C(C)/C=C(\C)C(O)C(OC)C(=O)C(C)C(O)C(C)/C=C/C=C/C=C/1C. The molecule has 0 aromatic rings. The van der Waals surface area contributed by atoms with E-state index in [0.717, 1.165) is 5.57 Å². The number of hydrogen-bond donors (Lipinski definition) is 2. The summed E-state index contributed by atoms with van der Waals surface area (Å²) in [6.07, 6.45) is 8.87. The molecule has 15 nitrogen and oxygen atoms in total. The maximum absolute atomic E-state index is 14.5. The van der Waals surface area contributed by atoms with Gasteiger partial charge in [0.15, 0.2) is 5.78 Å². The number of esters is 2. The Hall–Kier alpha value is -3.86. The molecule has 4 aliphatic rings. The molecule has 1 amide bonds. The lowest BCUT2D eigenvalue weighted by molar-refractivity contribution is -0.171. The number of Topliss-reactive ketones (excluding diaryl/α,β-unsaturated/α-hetero) is 3. The van der Waals surface area contributed by atoms with Crippen LogP contribution in [0.5, 0.6) is 0 Å². The largest absolute Gasteiger partial charge is 0.460 e. The Balaban J connectivity index is 1.69. The number of nitrogens with zero attached hydrogens (tertiary/aromatic N) is 1. The number of ether oxygens (including phenoxy) is 6. The second kappa shape index (κ2) is 27.4. The minimum absolute atomic E-state index is 0.0729. The summed E-state index contributed by atoms with van der Waals surface area (Å²) in [7, 11) is 4.51. The summed E-state index contributed by atoms with van der Waals surface area (Å²) in [5.74, 6) is -5.97. The van der Waals surface area contributed by atoms with Gasteiger partial charge in [0.2, 0.25) is 5.78 Å². The molecule has 16 atom stereocenters. The van der Waals surface area contributed by atoms with E-state index in [4.69, 9.17) is 28.4 Å². The van der Waals surface area contributed by atoms with Gasteiger partial charge in [-0.3, -0.25) is 24.0 Å². The van der Waals surface area contributed by atoms with Gasteiger partial charge in [-0.15, -0.1) is 0 Å². The number of aliphatic hydroxyl groups excluding tert-OH is 2. The van der Waals surface area contributed by atoms with Gasteiger partial charge < -0.3 is 43.5 Å². The number of aliphatic hydroxyl groups is 2. The summed E-state index contributed by atoms with van der Waals surface area (Å²) in [6.45, 7) is 18.0. The summed E-state index contributed by atoms with van der Waals surface area (Å²) < 4.78 is 35.9. The first-order valence-corrected chi connectivity index (χ1v) is 26.1. The number of allylic oxidation sites excluding steroid dienone is 5. The van der Waals surface area contributed by atoms with E-state index in [2.05, 4.69) is 0 Å². The molecule has 400 valence electrons. The second-order valence-electron chi connectivity index (χ2n) is 22.1. The molecule has 0 spiro atoms. The Labute approximate surface area is 423 Å². The van der Waals surface area contributed by atoms with Gasteiger partial charge in [-0.2, -0.15) is 0 Å². The number of fused-ring (bicyclic) bond motifs is 3. The van der Waals surface area contributed by atoms with Crippen LogP contribution in [-0.4, -0.2) is 139 Å². The van der Waals surface area contributed by atoms with E-state index in [1.807, 2.05) is 39.0 Å². The fourth-order valence-corrected chi connectivity index (χ4v) is 10.5. The van der Waals surface area contributed by atoms with Crippen LogP contribution in [0.3, 0.4) is 0 Å². The first kappa shape index (κ1) is 59.7. The molecular weight excluding hydrogens is 911 g/mol. The zero-order valence-electron chi connectivity index (χ0n) is 44.9. The fourth-order valence-electron chi connectivity index (χ4n) is 10.5. The molecular formula is C56H87NO14. The smallest absolute Gasteiger partial charge is 0.329 e. The number of cyclic esters (lactones) is 1. The van der Waals surface area contributed by atoms with Gasteiger partial charge in [-0.25, -0.2) is 4.79 Å². The Morgan fingerprint density at radius 1 is 0.845 bits per heavy atom. The number of carbonyl (C=O) groups excluding carboxylic acids is 6. The van der Waals surface area contributed by atoms with E-state index in [-0.39, 0.29) is 67.2 Å². The Morgan fingerprint density at radius 2 is 1.55 bits per heavy atom. The van der Waals surface area contributed by atoms with Gasteiger partial charge >= 0.3 is 11.9 Å². The van der Waals surface area contributed by atoms with Gasteiger partial charge in [0, 0.05) is 58.5 Å². The predicted molar refractivity (Wildman–Crippen MR) is 269 cm³/mol. The third-order valence-corrected chi connectivity index (χ3v) is 15.4. The van der Waals surface area contributed by atoms with Crippen molar-refractivity contribution < 1.29 is 67.4 Å². The highest BCUT2D eigenvalue weighted by Gasteiger charge is 2.45. The predicted octanol–water partition coefficient (Wildman–Crippen LogP) is 7.43. The number of ketones is 3. The molecule has 4 rings (SSSR count). The number of piperidine rings is 1. The molecule has 2 bridgehead atoms. The average Bonchev–Trinajstić information content (AvgIpc) is 3.34. The quantitative estimate of drug-likeness (QED) is 0.145. The van der Waals surface area contributed by atoms with Gasteiger partial charge in [0.1, 0.15) is 42.3 Å². The lowest BCUT2D eigenvalue weighted by Gasteiger charge is -2.39. The van der Waals surface area contributed by atoms with Crippen molar-refractivity contribution in [3.63, 3.8) is 0 Å². The van der Waals surface area contributed by atoms with Gasteiger partial charge in [0.25, 0.3) is 5.91 Å². The topological polar surface area (TPSA) is 201 Å². The van der Waals surface area contributed by atoms with Crippen LogP contribution in [0.1, 0.15) is 140 Å². The number of carbonyl (C=O) groups is 6. The van der Waals surface area contributed by atoms with E-state index in [1.165, 1.54) is 12.0 Å². The van der Waals surface area contributed by atoms with Crippen molar-refractivity contribution in [2.75, 3.05) is 27.9 Å². The molecule has 1 aliphatic carbocycles. The number of rotatable bonds is 7. The molecule has 16 unspecified atom stereocenters. The standard InChI is InChI=1S/C56H87NO14/c1-32-19-15-14-16-20-33(2)47(59)38(7)49(61)52(68-13)48(60)37(6)27-35(4)42(58)31-45(36(5)28-39-23-25-43(46(29-39)67-12)71-55(65)56(8,9)10)70-54(64)41-21-17-18-26-57(41)53(63)50(62)51-34(3)22-24-40(69-51)30-44(32)66-11/h14-16,19-20,27,33-36,38-41,43-48,51-52,59-60H,17-18,21-26,28-31H2,1-13H3/b15-14+,20-16+,32-19+,37-27+. The maximum Gasteiger partial charge on any atom is 0.329 e. The normalized spacial score (nSPS) is 38.2. The van der Waals surface area contributed by atoms with E-state index in [0.29, 0.717) is 63.4 Å². The van der Waals surface area contributed by atoms with Crippen LogP contribution in [0.2, 0.25) is 0 Å². The third kappa shape index (κ3) is 16.3. The molecule has 71 heavy (non-hydrogen) atoms. The van der Waals surface area contributed by atoms with Crippen LogP contribution >= 0.6 is 0 Å². The summed E-state index contributed by atoms with van der Waals surface area (Å²) in [5, 5.41) is 22.8. The van der Waals surface area contributed by atoms with Crippen LogP contribution in [0, 0.1) is 40.9 Å². The zero-order chi connectivity index (χ0) is 52.9. The third-order valence-electron chi connectivity index (χ3n) is 15.4. The molecule has 2 saturated heterocycles. The van der Waals surface area contributed by atoms with Crippen molar-refractivity contribution in [2.45, 2.75) is 201 Å². The van der Waals surface area contributed by atoms with Crippen molar-refractivity contribution in [3.8, 4) is 0 Å². The lowest BCUT2D eigenvalue weighted by atomic mass is 9.78. The molecule has 0 radical (unpaired) electrons. The Morgan fingerprint density at radius 3 is 2.20 bits per heavy atom. The minimum atomic E-state index is -1.43. The second-order valence-corrected chi connectivity index (χ2v) is 22.1. The van der Waals surface area contributed by atoms with Crippen molar-refractivity contribution in [2.24, 2.45) is 40.9 Å². The van der Waals surface area contributed by atoms with E-state index in [1.54, 1.807) is 80.9 Å². The molecule has 3 aliphatic heterocycles. The zero-order valence-corrected chi connectivity index (χ0v) is 44.9. The number of methoxy groups -OCH3 is 3. The van der Waals surface area contributed by atoms with Crippen LogP contribution < -0.4 is 0 Å². The highest BCUT2D eigenvalue weighted by atomic mass is 16.6. The molecule has 0 aromatic heterocycles. The van der Waals surface area contributed by atoms with Crippen molar-refractivity contribution in [3.05, 3.63) is 47.6 Å². The van der Waals surface area contributed by atoms with E-state index in [9.17, 15) is 39.0 Å². The number of hydrogen-bond acceptors (Lipinski definition) is 14. The number of amides is 1. The van der Waals surface area contributed by atoms with Crippen LogP contribution in [0.15, 0.2) is 47.6 Å². The van der Waals surface area contributed by atoms with Crippen molar-refractivity contribution in [1.82, 2.24) is 4.90 Å². The maximum atomic E-state index is 14.5. The molecule has 3 fully saturated rings. The molecule has 0 aromatic carbocycles. The first-order chi connectivity index (χ1) is 33.4. The average molecular weight is 998 g/mol. The van der Waals surface area contributed by atoms with E-state index >= 15 is 0 Å². The highest BCUT2D eigenvalue weighted by Crippen LogP contribution is 2.37. The van der Waals surface area contributed by atoms with Crippen LogP contribution in [0.4, 0.5) is 0 Å². The minimum Gasteiger partial charge on any atom is -0.460 e. The van der Waals surface area contributed by atoms with Crippen molar-refractivity contribution >= 4 is 35.2 Å². The summed E-state index contributed by atoms with van der Waals surface area (Å²) in [4.78, 5) is 85.3. The van der Waals surface area contributed by atoms with Crippen LogP contribution in [-0.2, 0) is 57.2 Å². The van der Waals surface area contributed by atoms with Crippen molar-refractivity contribution in [1.29, 1.82) is 0 Å².